The number of amides is 2. The molecule has 0 saturated heterocycles. The Morgan fingerprint density at radius 2 is 1.85 bits per heavy atom. The van der Waals surface area contributed by atoms with Gasteiger partial charge in [0, 0.05) is 12.0 Å². The molecule has 1 atom stereocenters. The number of nitrogens with one attached hydrogen (secondary N) is 1. The van der Waals surface area contributed by atoms with Crippen LogP contribution in [0.5, 0.6) is 0 Å². The average Bonchev–Trinajstić information content (AvgIpc) is 3.15. The van der Waals surface area contributed by atoms with Gasteiger partial charge in [-0.3, -0.25) is 14.7 Å². The number of pyridine rings is 1. The third kappa shape index (κ3) is 4.99. The fourth-order valence-electron chi connectivity index (χ4n) is 4.14. The van der Waals surface area contributed by atoms with E-state index in [1.807, 2.05) is 34.6 Å². The minimum absolute atomic E-state index is 0.0512. The highest BCUT2D eigenvalue weighted by atomic mass is 16.5. The van der Waals surface area contributed by atoms with E-state index >= 15 is 0 Å². The maximum atomic E-state index is 13.2. The number of methoxy groups -OCH3 is 1. The summed E-state index contributed by atoms with van der Waals surface area (Å²) in [6.45, 7) is 10.4. The van der Waals surface area contributed by atoms with Crippen LogP contribution in [0.25, 0.3) is 0 Å². The van der Waals surface area contributed by atoms with Crippen molar-refractivity contribution >= 4 is 18.0 Å². The topological polar surface area (TPSA) is 109 Å². The number of carbonyl (C=O) groups excluding carboxylic acids is 2. The van der Waals surface area contributed by atoms with E-state index in [0.717, 1.165) is 16.8 Å². The van der Waals surface area contributed by atoms with Crippen LogP contribution in [0.15, 0.2) is 30.3 Å². The SMILES string of the molecule is COC(=O)c1ccc(CNC(=O)c2cc3c(nc2C(C)(C)C)[C@H](C(C)C)N(C(=O)O)C3)cc1. The van der Waals surface area contributed by atoms with Gasteiger partial charge in [-0.2, -0.15) is 0 Å². The Bertz CT molecular complexity index is 1070. The molecular formula is C25H31N3O5. The van der Waals surface area contributed by atoms with Crippen LogP contribution in [0.3, 0.4) is 0 Å². The minimum atomic E-state index is -0.995. The molecule has 0 saturated carbocycles. The summed E-state index contributed by atoms with van der Waals surface area (Å²) < 4.78 is 4.70. The first-order valence-corrected chi connectivity index (χ1v) is 10.9. The van der Waals surface area contributed by atoms with Gasteiger partial charge in [-0.15, -0.1) is 0 Å². The van der Waals surface area contributed by atoms with Gasteiger partial charge in [0.05, 0.1) is 42.2 Å². The van der Waals surface area contributed by atoms with Gasteiger partial charge in [-0.05, 0) is 35.2 Å². The van der Waals surface area contributed by atoms with Gasteiger partial charge < -0.3 is 15.2 Å². The number of nitrogens with zero attached hydrogens (tertiary/aromatic N) is 2. The molecule has 33 heavy (non-hydrogen) atoms. The summed E-state index contributed by atoms with van der Waals surface area (Å²) in [5, 5.41) is 12.6. The number of rotatable bonds is 5. The predicted octanol–water partition coefficient (Wildman–Crippen LogP) is 4.29. The van der Waals surface area contributed by atoms with Crippen LogP contribution < -0.4 is 5.32 Å². The van der Waals surface area contributed by atoms with Crippen molar-refractivity contribution in [2.24, 2.45) is 5.92 Å². The number of carbonyl (C=O) groups is 3. The molecule has 8 heteroatoms. The molecule has 0 fully saturated rings. The fourth-order valence-corrected chi connectivity index (χ4v) is 4.14. The lowest BCUT2D eigenvalue weighted by molar-refractivity contribution is 0.0600. The Balaban J connectivity index is 1.90. The summed E-state index contributed by atoms with van der Waals surface area (Å²) in [6, 6.07) is 8.27. The van der Waals surface area contributed by atoms with Crippen molar-refractivity contribution in [3.8, 4) is 0 Å². The molecule has 0 aliphatic carbocycles. The molecular weight excluding hydrogens is 422 g/mol. The molecule has 3 rings (SSSR count). The highest BCUT2D eigenvalue weighted by molar-refractivity contribution is 5.96. The lowest BCUT2D eigenvalue weighted by atomic mass is 9.86. The zero-order valence-electron chi connectivity index (χ0n) is 19.9. The van der Waals surface area contributed by atoms with Crippen molar-refractivity contribution < 1.29 is 24.2 Å². The molecule has 0 bridgehead atoms. The summed E-state index contributed by atoms with van der Waals surface area (Å²) in [6.07, 6.45) is -0.995. The first-order chi connectivity index (χ1) is 15.4. The Labute approximate surface area is 194 Å². The van der Waals surface area contributed by atoms with Gasteiger partial charge >= 0.3 is 12.1 Å². The van der Waals surface area contributed by atoms with Gasteiger partial charge in [0.25, 0.3) is 5.91 Å². The molecule has 8 nitrogen and oxygen atoms in total. The first kappa shape index (κ1) is 24.2. The Kier molecular flexibility index (Phi) is 6.76. The maximum Gasteiger partial charge on any atom is 0.408 e. The smallest absolute Gasteiger partial charge is 0.408 e. The molecule has 0 radical (unpaired) electrons. The third-order valence-electron chi connectivity index (χ3n) is 5.75. The molecule has 0 unspecified atom stereocenters. The summed E-state index contributed by atoms with van der Waals surface area (Å²) in [7, 11) is 1.33. The number of esters is 1. The molecule has 176 valence electrons. The van der Waals surface area contributed by atoms with Crippen LogP contribution in [-0.4, -0.2) is 40.1 Å². The number of fused-ring (bicyclic) bond motifs is 1. The van der Waals surface area contributed by atoms with Crippen LogP contribution in [0.1, 0.15) is 83.9 Å². The van der Waals surface area contributed by atoms with Gasteiger partial charge in [0.15, 0.2) is 0 Å². The molecule has 2 amide bonds. The average molecular weight is 454 g/mol. The Morgan fingerprint density at radius 1 is 1.21 bits per heavy atom. The molecule has 1 aliphatic heterocycles. The van der Waals surface area contributed by atoms with Crippen LogP contribution in [0.2, 0.25) is 0 Å². The Hall–Kier alpha value is -3.42. The molecule has 2 N–H and O–H groups in total. The highest BCUT2D eigenvalue weighted by Crippen LogP contribution is 2.40. The van der Waals surface area contributed by atoms with E-state index in [9.17, 15) is 19.5 Å². The summed E-state index contributed by atoms with van der Waals surface area (Å²) in [5.74, 6) is -0.642. The van der Waals surface area contributed by atoms with E-state index in [1.54, 1.807) is 30.3 Å². The highest BCUT2D eigenvalue weighted by Gasteiger charge is 2.39. The van der Waals surface area contributed by atoms with E-state index in [-0.39, 0.29) is 31.0 Å². The Morgan fingerprint density at radius 3 is 2.36 bits per heavy atom. The van der Waals surface area contributed by atoms with E-state index in [1.165, 1.54) is 12.0 Å². The minimum Gasteiger partial charge on any atom is -0.465 e. The number of hydrogen-bond donors (Lipinski definition) is 2. The number of ether oxygens (including phenoxy) is 1. The summed E-state index contributed by atoms with van der Waals surface area (Å²) >= 11 is 0. The van der Waals surface area contributed by atoms with Crippen molar-refractivity contribution in [3.63, 3.8) is 0 Å². The predicted molar refractivity (Wildman–Crippen MR) is 123 cm³/mol. The van der Waals surface area contributed by atoms with Crippen LogP contribution in [0.4, 0.5) is 4.79 Å². The fraction of sp³-hybridized carbons (Fsp3) is 0.440. The normalized spacial score (nSPS) is 15.4. The van der Waals surface area contributed by atoms with E-state index in [2.05, 4.69) is 5.32 Å². The van der Waals surface area contributed by atoms with Gasteiger partial charge in [-0.1, -0.05) is 46.8 Å². The van der Waals surface area contributed by atoms with Crippen molar-refractivity contribution in [1.82, 2.24) is 15.2 Å². The number of aromatic nitrogens is 1. The van der Waals surface area contributed by atoms with Crippen LogP contribution >= 0.6 is 0 Å². The lowest BCUT2D eigenvalue weighted by Gasteiger charge is -2.26. The van der Waals surface area contributed by atoms with E-state index < -0.39 is 17.5 Å². The molecule has 1 aliphatic rings. The van der Waals surface area contributed by atoms with Crippen LogP contribution in [-0.2, 0) is 23.2 Å². The van der Waals surface area contributed by atoms with Crippen molar-refractivity contribution in [2.45, 2.75) is 59.2 Å². The maximum absolute atomic E-state index is 13.2. The first-order valence-electron chi connectivity index (χ1n) is 10.9. The summed E-state index contributed by atoms with van der Waals surface area (Å²) in [4.78, 5) is 42.8. The van der Waals surface area contributed by atoms with Crippen molar-refractivity contribution in [3.05, 3.63) is 64.0 Å². The second kappa shape index (κ2) is 9.21. The van der Waals surface area contributed by atoms with E-state index in [0.29, 0.717) is 16.8 Å². The molecule has 1 aromatic carbocycles. The number of benzene rings is 1. The van der Waals surface area contributed by atoms with Crippen molar-refractivity contribution in [2.75, 3.05) is 7.11 Å². The number of carboxylic acid groups (broad SMARTS) is 1. The molecule has 2 aromatic rings. The molecule has 2 heterocycles. The molecule has 1 aromatic heterocycles. The quantitative estimate of drug-likeness (QED) is 0.654. The van der Waals surface area contributed by atoms with Crippen molar-refractivity contribution in [1.29, 1.82) is 0 Å². The second-order valence-electron chi connectivity index (χ2n) is 9.65. The van der Waals surface area contributed by atoms with Gasteiger partial charge in [0.1, 0.15) is 0 Å². The summed E-state index contributed by atoms with van der Waals surface area (Å²) in [5.41, 5.74) is 3.43. The molecule has 0 spiro atoms. The number of hydrogen-bond acceptors (Lipinski definition) is 5. The zero-order valence-corrected chi connectivity index (χ0v) is 19.9. The third-order valence-corrected chi connectivity index (χ3v) is 5.75. The zero-order chi connectivity index (χ0) is 24.5. The second-order valence-corrected chi connectivity index (χ2v) is 9.65. The standard InChI is InChI=1S/C25H31N3O5/c1-14(2)20-19-17(13-28(20)24(31)32)11-18(21(27-19)25(3,4)5)22(29)26-12-15-7-9-16(10-8-15)23(30)33-6/h7-11,14,20H,12-13H2,1-6H3,(H,26,29)(H,31,32)/t20-/m0/s1. The van der Waals surface area contributed by atoms with Crippen LogP contribution in [0, 0.1) is 5.92 Å². The van der Waals surface area contributed by atoms with Gasteiger partial charge in [0.2, 0.25) is 0 Å². The monoisotopic (exact) mass is 453 g/mol. The van der Waals surface area contributed by atoms with E-state index in [4.69, 9.17) is 9.72 Å². The largest absolute Gasteiger partial charge is 0.465 e. The van der Waals surface area contributed by atoms with Gasteiger partial charge in [-0.25, -0.2) is 9.59 Å². The lowest BCUT2D eigenvalue weighted by Crippen LogP contribution is -2.31.